The van der Waals surface area contributed by atoms with Crippen LogP contribution < -0.4 is 20.1 Å². The van der Waals surface area contributed by atoms with E-state index in [0.29, 0.717) is 17.2 Å². The van der Waals surface area contributed by atoms with Gasteiger partial charge in [-0.15, -0.1) is 0 Å². The molecular weight excluding hydrogens is 376 g/mol. The first kappa shape index (κ1) is 20.1. The summed E-state index contributed by atoms with van der Waals surface area (Å²) in [5.74, 6) is 0.462. The molecule has 152 valence electrons. The van der Waals surface area contributed by atoms with E-state index in [0.717, 1.165) is 10.5 Å². The zero-order valence-corrected chi connectivity index (χ0v) is 16.2. The van der Waals surface area contributed by atoms with Crippen molar-refractivity contribution in [1.29, 1.82) is 0 Å². The van der Waals surface area contributed by atoms with Crippen molar-refractivity contribution in [1.82, 2.24) is 15.2 Å². The van der Waals surface area contributed by atoms with Crippen molar-refractivity contribution in [3.63, 3.8) is 0 Å². The first-order valence-electron chi connectivity index (χ1n) is 9.04. The van der Waals surface area contributed by atoms with E-state index < -0.39 is 12.1 Å². The molecule has 0 aliphatic carbocycles. The van der Waals surface area contributed by atoms with E-state index in [2.05, 4.69) is 15.6 Å². The normalized spacial score (nSPS) is 15.8. The molecule has 1 saturated heterocycles. The topological polar surface area (TPSA) is 110 Å². The number of carbonyl (C=O) groups is 3. The number of ether oxygens (including phenoxy) is 2. The predicted molar refractivity (Wildman–Crippen MR) is 105 cm³/mol. The fraction of sp³-hybridized carbons (Fsp3) is 0.300. The molecule has 3 rings (SSSR count). The number of hydrogen-bond donors (Lipinski definition) is 2. The van der Waals surface area contributed by atoms with E-state index in [4.69, 9.17) is 9.47 Å². The number of nitrogens with zero attached hydrogens (tertiary/aromatic N) is 2. The number of aromatic nitrogens is 1. The molecular formula is C20H22N4O5. The Morgan fingerprint density at radius 1 is 1.21 bits per heavy atom. The molecule has 0 bridgehead atoms. The van der Waals surface area contributed by atoms with Crippen molar-refractivity contribution in [3.05, 3.63) is 48.3 Å². The van der Waals surface area contributed by atoms with Crippen molar-refractivity contribution >= 4 is 23.5 Å². The Bertz CT molecular complexity index is 903. The van der Waals surface area contributed by atoms with E-state index in [1.54, 1.807) is 36.5 Å². The summed E-state index contributed by atoms with van der Waals surface area (Å²) in [4.78, 5) is 42.0. The van der Waals surface area contributed by atoms with Gasteiger partial charge in [-0.3, -0.25) is 19.5 Å². The Morgan fingerprint density at radius 3 is 2.69 bits per heavy atom. The van der Waals surface area contributed by atoms with Crippen LogP contribution in [-0.4, -0.2) is 48.0 Å². The van der Waals surface area contributed by atoms with Crippen LogP contribution >= 0.6 is 0 Å². The third-order valence-corrected chi connectivity index (χ3v) is 4.50. The minimum absolute atomic E-state index is 0.0930. The van der Waals surface area contributed by atoms with Gasteiger partial charge < -0.3 is 20.1 Å². The molecule has 0 saturated carbocycles. The minimum atomic E-state index is -0.734. The smallest absolute Gasteiger partial charge is 0.325 e. The van der Waals surface area contributed by atoms with Gasteiger partial charge in [-0.25, -0.2) is 4.79 Å². The lowest BCUT2D eigenvalue weighted by molar-refractivity contribution is -0.128. The number of nitrogens with one attached hydrogen (secondary N) is 2. The lowest BCUT2D eigenvalue weighted by atomic mass is 10.1. The SMILES string of the molecule is COc1ccc(CN2C(=O)N[C@@H](CCC(=O)Nc3cccnc3)C2=O)cc1OC. The third-order valence-electron chi connectivity index (χ3n) is 4.50. The number of rotatable bonds is 8. The van der Waals surface area contributed by atoms with Crippen LogP contribution in [0.1, 0.15) is 18.4 Å². The standard InChI is InChI=1S/C20H22N4O5/c1-28-16-7-5-13(10-17(16)29-2)12-24-19(26)15(23-20(24)27)6-8-18(25)22-14-4-3-9-21-11-14/h3-5,7,9-11,15H,6,8,12H2,1-2H3,(H,22,25)(H,23,27)/t15-/m0/s1. The zero-order chi connectivity index (χ0) is 20.8. The van der Waals surface area contributed by atoms with Gasteiger partial charge in [0.2, 0.25) is 5.91 Å². The van der Waals surface area contributed by atoms with E-state index in [9.17, 15) is 14.4 Å². The van der Waals surface area contributed by atoms with Crippen LogP contribution in [0.4, 0.5) is 10.5 Å². The van der Waals surface area contributed by atoms with Gasteiger partial charge in [-0.2, -0.15) is 0 Å². The van der Waals surface area contributed by atoms with Crippen molar-refractivity contribution in [2.75, 3.05) is 19.5 Å². The highest BCUT2D eigenvalue weighted by atomic mass is 16.5. The summed E-state index contributed by atoms with van der Waals surface area (Å²) in [6.07, 6.45) is 3.44. The van der Waals surface area contributed by atoms with Crippen molar-refractivity contribution in [2.45, 2.75) is 25.4 Å². The fourth-order valence-electron chi connectivity index (χ4n) is 3.02. The largest absolute Gasteiger partial charge is 0.493 e. The fourth-order valence-corrected chi connectivity index (χ4v) is 3.02. The summed E-state index contributed by atoms with van der Waals surface area (Å²) in [7, 11) is 3.05. The number of amides is 4. The van der Waals surface area contributed by atoms with Crippen molar-refractivity contribution in [3.8, 4) is 11.5 Å². The van der Waals surface area contributed by atoms with Gasteiger partial charge in [0, 0.05) is 12.6 Å². The molecule has 4 amide bonds. The van der Waals surface area contributed by atoms with Crippen LogP contribution in [0.25, 0.3) is 0 Å². The minimum Gasteiger partial charge on any atom is -0.493 e. The second-order valence-corrected chi connectivity index (χ2v) is 6.44. The van der Waals surface area contributed by atoms with Gasteiger partial charge >= 0.3 is 6.03 Å². The highest BCUT2D eigenvalue weighted by Crippen LogP contribution is 2.28. The van der Waals surface area contributed by atoms with Crippen molar-refractivity contribution in [2.24, 2.45) is 0 Å². The van der Waals surface area contributed by atoms with Crippen LogP contribution in [0.15, 0.2) is 42.7 Å². The first-order chi connectivity index (χ1) is 14.0. The molecule has 1 aromatic heterocycles. The maximum absolute atomic E-state index is 12.6. The quantitative estimate of drug-likeness (QED) is 0.658. The second kappa shape index (κ2) is 9.05. The zero-order valence-electron chi connectivity index (χ0n) is 16.2. The van der Waals surface area contributed by atoms with E-state index in [1.807, 2.05) is 0 Å². The van der Waals surface area contributed by atoms with Crippen LogP contribution in [0.2, 0.25) is 0 Å². The molecule has 0 unspecified atom stereocenters. The highest BCUT2D eigenvalue weighted by molar-refractivity contribution is 6.04. The molecule has 0 spiro atoms. The third kappa shape index (κ3) is 4.81. The lowest BCUT2D eigenvalue weighted by Gasteiger charge is -2.15. The average molecular weight is 398 g/mol. The van der Waals surface area contributed by atoms with E-state index in [1.165, 1.54) is 20.4 Å². The molecule has 9 heteroatoms. The molecule has 1 fully saturated rings. The number of pyridine rings is 1. The molecule has 9 nitrogen and oxygen atoms in total. The van der Waals surface area contributed by atoms with Crippen LogP contribution in [-0.2, 0) is 16.1 Å². The van der Waals surface area contributed by atoms with E-state index >= 15 is 0 Å². The number of hydrogen-bond acceptors (Lipinski definition) is 6. The summed E-state index contributed by atoms with van der Waals surface area (Å²) in [5.41, 5.74) is 1.30. The highest BCUT2D eigenvalue weighted by Gasteiger charge is 2.37. The molecule has 0 radical (unpaired) electrons. The lowest BCUT2D eigenvalue weighted by Crippen LogP contribution is -2.31. The van der Waals surface area contributed by atoms with Gasteiger partial charge in [0.05, 0.1) is 32.6 Å². The maximum Gasteiger partial charge on any atom is 0.325 e. The van der Waals surface area contributed by atoms with Gasteiger partial charge in [0.25, 0.3) is 5.91 Å². The molecule has 1 aliphatic rings. The second-order valence-electron chi connectivity index (χ2n) is 6.44. The summed E-state index contributed by atoms with van der Waals surface area (Å²) in [6.45, 7) is 0.101. The van der Waals surface area contributed by atoms with Crippen molar-refractivity contribution < 1.29 is 23.9 Å². The molecule has 1 atom stereocenters. The molecule has 2 aromatic rings. The molecule has 29 heavy (non-hydrogen) atoms. The molecule has 1 aromatic carbocycles. The Morgan fingerprint density at radius 2 is 2.00 bits per heavy atom. The Balaban J connectivity index is 1.57. The number of benzene rings is 1. The summed E-state index contributed by atoms with van der Waals surface area (Å²) >= 11 is 0. The first-order valence-corrected chi connectivity index (χ1v) is 9.04. The van der Waals surface area contributed by atoms with Gasteiger partial charge in [0.15, 0.2) is 11.5 Å². The number of urea groups is 1. The number of carbonyl (C=O) groups excluding carboxylic acids is 3. The van der Waals surface area contributed by atoms with Gasteiger partial charge in [-0.1, -0.05) is 6.07 Å². The summed E-state index contributed by atoms with van der Waals surface area (Å²) < 4.78 is 10.4. The van der Waals surface area contributed by atoms with Gasteiger partial charge in [-0.05, 0) is 36.2 Å². The van der Waals surface area contributed by atoms with E-state index in [-0.39, 0.29) is 31.2 Å². The van der Waals surface area contributed by atoms with Crippen LogP contribution in [0.5, 0.6) is 11.5 Å². The van der Waals surface area contributed by atoms with Crippen LogP contribution in [0.3, 0.4) is 0 Å². The molecule has 2 heterocycles. The molecule has 1 aliphatic heterocycles. The monoisotopic (exact) mass is 398 g/mol. The predicted octanol–water partition coefficient (Wildman–Crippen LogP) is 1.94. The average Bonchev–Trinajstić information content (AvgIpc) is 3.00. The van der Waals surface area contributed by atoms with Gasteiger partial charge in [0.1, 0.15) is 6.04 Å². The Labute approximate surface area is 168 Å². The summed E-state index contributed by atoms with van der Waals surface area (Å²) in [6, 6.07) is 7.41. The molecule has 2 N–H and O–H groups in total. The summed E-state index contributed by atoms with van der Waals surface area (Å²) in [5, 5.41) is 5.34. The number of methoxy groups -OCH3 is 2. The number of imide groups is 1. The van der Waals surface area contributed by atoms with Crippen LogP contribution in [0, 0.1) is 0 Å². The Kier molecular flexibility index (Phi) is 6.28. The number of anilines is 1. The Hall–Kier alpha value is -3.62. The maximum atomic E-state index is 12.6.